The molecule has 1 aromatic carbocycles. The first-order valence-electron chi connectivity index (χ1n) is 5.83. The van der Waals surface area contributed by atoms with E-state index < -0.39 is 0 Å². The fourth-order valence-electron chi connectivity index (χ4n) is 1.79. The SMILES string of the molecule is Cc1ccc2nc(NC(=O)Cn3ccnc3)sc2c1. The number of aromatic nitrogens is 3. The summed E-state index contributed by atoms with van der Waals surface area (Å²) in [4.78, 5) is 20.1. The van der Waals surface area contributed by atoms with E-state index in [1.807, 2.05) is 19.1 Å². The molecule has 0 aliphatic heterocycles. The average Bonchev–Trinajstić information content (AvgIpc) is 2.97. The van der Waals surface area contributed by atoms with Crippen LogP contribution in [0.2, 0.25) is 0 Å². The molecular weight excluding hydrogens is 260 g/mol. The summed E-state index contributed by atoms with van der Waals surface area (Å²) in [5.74, 6) is -0.103. The number of benzene rings is 1. The third-order valence-corrected chi connectivity index (χ3v) is 3.61. The van der Waals surface area contributed by atoms with Gasteiger partial charge < -0.3 is 9.88 Å². The predicted molar refractivity (Wildman–Crippen MR) is 75.2 cm³/mol. The van der Waals surface area contributed by atoms with E-state index in [9.17, 15) is 4.79 Å². The highest BCUT2D eigenvalue weighted by atomic mass is 32.1. The van der Waals surface area contributed by atoms with Crippen LogP contribution < -0.4 is 5.32 Å². The van der Waals surface area contributed by atoms with Crippen molar-refractivity contribution in [3.63, 3.8) is 0 Å². The minimum atomic E-state index is -0.103. The zero-order valence-electron chi connectivity index (χ0n) is 10.3. The lowest BCUT2D eigenvalue weighted by atomic mass is 10.2. The van der Waals surface area contributed by atoms with Crippen LogP contribution in [0.1, 0.15) is 5.56 Å². The Morgan fingerprint density at radius 3 is 3.16 bits per heavy atom. The number of rotatable bonds is 3. The van der Waals surface area contributed by atoms with Crippen molar-refractivity contribution in [2.45, 2.75) is 13.5 Å². The summed E-state index contributed by atoms with van der Waals surface area (Å²) in [5, 5.41) is 3.44. The predicted octanol–water partition coefficient (Wildman–Crippen LogP) is 2.44. The third kappa shape index (κ3) is 2.63. The van der Waals surface area contributed by atoms with Gasteiger partial charge in [-0.15, -0.1) is 0 Å². The lowest BCUT2D eigenvalue weighted by Crippen LogP contribution is -2.17. The van der Waals surface area contributed by atoms with E-state index in [1.54, 1.807) is 23.3 Å². The summed E-state index contributed by atoms with van der Waals surface area (Å²) in [7, 11) is 0. The van der Waals surface area contributed by atoms with Crippen molar-refractivity contribution >= 4 is 32.6 Å². The molecule has 0 aliphatic carbocycles. The van der Waals surface area contributed by atoms with Gasteiger partial charge in [-0.3, -0.25) is 4.79 Å². The number of aryl methyl sites for hydroxylation is 1. The molecule has 0 bridgehead atoms. The van der Waals surface area contributed by atoms with E-state index in [-0.39, 0.29) is 12.5 Å². The minimum absolute atomic E-state index is 0.103. The highest BCUT2D eigenvalue weighted by Crippen LogP contribution is 2.26. The molecule has 0 radical (unpaired) electrons. The fourth-order valence-corrected chi connectivity index (χ4v) is 2.77. The number of thiazole rings is 1. The van der Waals surface area contributed by atoms with Gasteiger partial charge >= 0.3 is 0 Å². The number of nitrogens with one attached hydrogen (secondary N) is 1. The van der Waals surface area contributed by atoms with Crippen LogP contribution in [0.5, 0.6) is 0 Å². The van der Waals surface area contributed by atoms with Crippen molar-refractivity contribution < 1.29 is 4.79 Å². The van der Waals surface area contributed by atoms with Crippen LogP contribution in [0.4, 0.5) is 5.13 Å². The van der Waals surface area contributed by atoms with Crippen molar-refractivity contribution in [3.05, 3.63) is 42.5 Å². The average molecular weight is 272 g/mol. The zero-order valence-corrected chi connectivity index (χ0v) is 11.1. The van der Waals surface area contributed by atoms with Gasteiger partial charge in [-0.25, -0.2) is 9.97 Å². The van der Waals surface area contributed by atoms with E-state index in [0.717, 1.165) is 10.2 Å². The van der Waals surface area contributed by atoms with E-state index in [2.05, 4.69) is 21.4 Å². The molecule has 0 atom stereocenters. The molecule has 0 fully saturated rings. The second-order valence-electron chi connectivity index (χ2n) is 4.27. The molecule has 96 valence electrons. The van der Waals surface area contributed by atoms with Crippen LogP contribution in [0.15, 0.2) is 36.9 Å². The number of amides is 1. The Morgan fingerprint density at radius 1 is 1.47 bits per heavy atom. The van der Waals surface area contributed by atoms with Gasteiger partial charge in [0.15, 0.2) is 5.13 Å². The largest absolute Gasteiger partial charge is 0.328 e. The van der Waals surface area contributed by atoms with Crippen molar-refractivity contribution in [1.82, 2.24) is 14.5 Å². The second-order valence-corrected chi connectivity index (χ2v) is 5.30. The topological polar surface area (TPSA) is 59.8 Å². The molecule has 0 spiro atoms. The van der Waals surface area contributed by atoms with Gasteiger partial charge in [0.1, 0.15) is 6.54 Å². The van der Waals surface area contributed by atoms with Gasteiger partial charge in [0.2, 0.25) is 5.91 Å². The molecule has 2 aromatic heterocycles. The van der Waals surface area contributed by atoms with Crippen molar-refractivity contribution in [1.29, 1.82) is 0 Å². The van der Waals surface area contributed by atoms with Crippen LogP contribution in [0, 0.1) is 6.92 Å². The number of nitrogens with zero attached hydrogens (tertiary/aromatic N) is 3. The van der Waals surface area contributed by atoms with Crippen LogP contribution in [0.25, 0.3) is 10.2 Å². The number of imidazole rings is 1. The molecule has 0 saturated heterocycles. The van der Waals surface area contributed by atoms with Crippen molar-refractivity contribution in [3.8, 4) is 0 Å². The molecule has 3 aromatic rings. The molecule has 3 rings (SSSR count). The molecule has 1 N–H and O–H groups in total. The Morgan fingerprint density at radius 2 is 2.37 bits per heavy atom. The Bertz CT molecular complexity index is 717. The lowest BCUT2D eigenvalue weighted by molar-refractivity contribution is -0.116. The summed E-state index contributed by atoms with van der Waals surface area (Å²) in [6.45, 7) is 2.28. The zero-order chi connectivity index (χ0) is 13.2. The maximum atomic E-state index is 11.8. The normalized spacial score (nSPS) is 10.8. The van der Waals surface area contributed by atoms with Gasteiger partial charge in [-0.05, 0) is 24.6 Å². The number of fused-ring (bicyclic) bond motifs is 1. The fraction of sp³-hybridized carbons (Fsp3) is 0.154. The van der Waals surface area contributed by atoms with Gasteiger partial charge in [0.05, 0.1) is 16.5 Å². The Labute approximate surface area is 113 Å². The first kappa shape index (κ1) is 11.9. The molecule has 6 heteroatoms. The molecular formula is C13H12N4OS. The highest BCUT2D eigenvalue weighted by molar-refractivity contribution is 7.22. The van der Waals surface area contributed by atoms with E-state index >= 15 is 0 Å². The number of anilines is 1. The number of hydrogen-bond acceptors (Lipinski definition) is 4. The Hall–Kier alpha value is -2.21. The first-order valence-corrected chi connectivity index (χ1v) is 6.65. The molecule has 0 saturated carbocycles. The van der Waals surface area contributed by atoms with Crippen molar-refractivity contribution in [2.24, 2.45) is 0 Å². The first-order chi connectivity index (χ1) is 9.20. The number of hydrogen-bond donors (Lipinski definition) is 1. The van der Waals surface area contributed by atoms with Crippen molar-refractivity contribution in [2.75, 3.05) is 5.32 Å². The lowest BCUT2D eigenvalue weighted by Gasteiger charge is -2.01. The highest BCUT2D eigenvalue weighted by Gasteiger charge is 2.08. The summed E-state index contributed by atoms with van der Waals surface area (Å²) in [6, 6.07) is 6.05. The summed E-state index contributed by atoms with van der Waals surface area (Å²) < 4.78 is 2.80. The van der Waals surface area contributed by atoms with Crippen LogP contribution in [-0.4, -0.2) is 20.4 Å². The quantitative estimate of drug-likeness (QED) is 0.796. The maximum absolute atomic E-state index is 11.8. The smallest absolute Gasteiger partial charge is 0.246 e. The monoisotopic (exact) mass is 272 g/mol. The molecule has 19 heavy (non-hydrogen) atoms. The summed E-state index contributed by atoms with van der Waals surface area (Å²) >= 11 is 1.48. The molecule has 1 amide bonds. The van der Waals surface area contributed by atoms with Gasteiger partial charge in [-0.1, -0.05) is 17.4 Å². The number of carbonyl (C=O) groups is 1. The molecule has 5 nitrogen and oxygen atoms in total. The summed E-state index contributed by atoms with van der Waals surface area (Å²) in [5.41, 5.74) is 2.10. The van der Waals surface area contributed by atoms with E-state index in [0.29, 0.717) is 5.13 Å². The maximum Gasteiger partial charge on any atom is 0.246 e. The van der Waals surface area contributed by atoms with Gasteiger partial charge in [0.25, 0.3) is 0 Å². The summed E-state index contributed by atoms with van der Waals surface area (Å²) in [6.07, 6.45) is 5.01. The minimum Gasteiger partial charge on any atom is -0.328 e. The molecule has 2 heterocycles. The van der Waals surface area contributed by atoms with Crippen LogP contribution in [-0.2, 0) is 11.3 Å². The van der Waals surface area contributed by atoms with Gasteiger partial charge in [-0.2, -0.15) is 0 Å². The van der Waals surface area contributed by atoms with Crippen LogP contribution in [0.3, 0.4) is 0 Å². The third-order valence-electron chi connectivity index (χ3n) is 2.68. The second kappa shape index (κ2) is 4.81. The molecule has 0 unspecified atom stereocenters. The van der Waals surface area contributed by atoms with E-state index in [1.165, 1.54) is 16.9 Å². The Kier molecular flexibility index (Phi) is 3.00. The number of carbonyl (C=O) groups excluding carboxylic acids is 1. The van der Waals surface area contributed by atoms with Crippen LogP contribution >= 0.6 is 11.3 Å². The Balaban J connectivity index is 1.76. The standard InChI is InChI=1S/C13H12N4OS/c1-9-2-3-10-11(6-9)19-13(15-10)16-12(18)7-17-5-4-14-8-17/h2-6,8H,7H2,1H3,(H,15,16,18). The molecule has 0 aliphatic rings. The van der Waals surface area contributed by atoms with E-state index in [4.69, 9.17) is 0 Å². The van der Waals surface area contributed by atoms with Gasteiger partial charge in [0, 0.05) is 12.4 Å².